The van der Waals surface area contributed by atoms with E-state index in [2.05, 4.69) is 4.98 Å². The molecular formula is C8H11AsN2O3S. The zero-order chi connectivity index (χ0) is 10.8. The Kier molecular flexibility index (Phi) is 3.51. The van der Waals surface area contributed by atoms with Crippen LogP contribution < -0.4 is 10.2 Å². The fourth-order valence-corrected chi connectivity index (χ4v) is 2.67. The van der Waals surface area contributed by atoms with Crippen LogP contribution in [-0.2, 0) is 4.74 Å². The fraction of sp³-hybridized carbons (Fsp3) is 0.500. The van der Waals surface area contributed by atoms with Gasteiger partial charge in [0.15, 0.2) is 0 Å². The van der Waals surface area contributed by atoms with Crippen LogP contribution in [-0.4, -0.2) is 49.3 Å². The molecule has 1 aliphatic heterocycles. The van der Waals surface area contributed by atoms with Crippen molar-refractivity contribution in [1.29, 1.82) is 0 Å². The molecule has 15 heavy (non-hydrogen) atoms. The molecule has 1 aromatic rings. The third-order valence-corrected chi connectivity index (χ3v) is 3.83. The summed E-state index contributed by atoms with van der Waals surface area (Å²) < 4.78 is 7.68. The zero-order valence-electron chi connectivity index (χ0n) is 7.87. The number of aliphatic hydroxyl groups excluding tert-OH is 1. The van der Waals surface area contributed by atoms with Gasteiger partial charge in [-0.1, -0.05) is 0 Å². The summed E-state index contributed by atoms with van der Waals surface area (Å²) in [5.41, 5.74) is -0.520. The topological polar surface area (TPSA) is 64.4 Å². The molecule has 5 nitrogen and oxygen atoms in total. The standard InChI is InChI=1S/C8H11AsN2O3S/c9-5-1-2-11(8(13)10-5)6-4-15-7(3-12)14-6/h1-2,6-7,12H,3-4,9H2/t6-,7-/m1/s1. The maximum absolute atomic E-state index is 11.5. The van der Waals surface area contributed by atoms with Crippen molar-refractivity contribution in [3.05, 3.63) is 22.7 Å². The third kappa shape index (κ3) is 2.45. The number of hydrogen-bond acceptors (Lipinski definition) is 5. The van der Waals surface area contributed by atoms with Gasteiger partial charge in [0.05, 0.1) is 0 Å². The van der Waals surface area contributed by atoms with E-state index < -0.39 is 0 Å². The van der Waals surface area contributed by atoms with Crippen molar-refractivity contribution < 1.29 is 9.84 Å². The number of hydrogen-bond donors (Lipinski definition) is 1. The van der Waals surface area contributed by atoms with Crippen molar-refractivity contribution in [3.8, 4) is 0 Å². The molecule has 1 N–H and O–H groups in total. The van der Waals surface area contributed by atoms with E-state index >= 15 is 0 Å². The molecule has 1 fully saturated rings. The Labute approximate surface area is 99.3 Å². The number of ether oxygens (including phenoxy) is 1. The van der Waals surface area contributed by atoms with Crippen LogP contribution in [0.4, 0.5) is 0 Å². The van der Waals surface area contributed by atoms with Crippen molar-refractivity contribution >= 4 is 33.1 Å². The second-order valence-corrected chi connectivity index (χ2v) is 5.51. The first-order valence-electron chi connectivity index (χ1n) is 4.43. The molecule has 0 amide bonds. The van der Waals surface area contributed by atoms with Gasteiger partial charge in [0.25, 0.3) is 0 Å². The van der Waals surface area contributed by atoms with E-state index in [0.717, 1.165) is 4.48 Å². The molecule has 0 bridgehead atoms. The summed E-state index contributed by atoms with van der Waals surface area (Å²) in [7, 11) is 0. The first kappa shape index (κ1) is 11.2. The average Bonchev–Trinajstić information content (AvgIpc) is 2.66. The summed E-state index contributed by atoms with van der Waals surface area (Å²) in [6.07, 6.45) is 1.39. The SMILES string of the molecule is O=c1nc([AsH2])ccn1[C@H]1CS[C@H](CO)O1. The van der Waals surface area contributed by atoms with E-state index in [1.54, 1.807) is 12.3 Å². The molecule has 2 rings (SSSR count). The Morgan fingerprint density at radius 3 is 3.20 bits per heavy atom. The van der Waals surface area contributed by atoms with Crippen molar-refractivity contribution in [2.45, 2.75) is 11.7 Å². The van der Waals surface area contributed by atoms with E-state index in [1.165, 1.54) is 33.2 Å². The van der Waals surface area contributed by atoms with Gasteiger partial charge in [-0.05, 0) is 0 Å². The van der Waals surface area contributed by atoms with E-state index in [-0.39, 0.29) is 24.0 Å². The summed E-state index contributed by atoms with van der Waals surface area (Å²) in [6.45, 7) is -0.0294. The molecule has 0 radical (unpaired) electrons. The van der Waals surface area contributed by atoms with Gasteiger partial charge in [-0.25, -0.2) is 0 Å². The molecule has 7 heteroatoms. The predicted octanol–water partition coefficient (Wildman–Crippen LogP) is -1.92. The summed E-state index contributed by atoms with van der Waals surface area (Å²) in [4.78, 5) is 15.4. The molecule has 0 aromatic carbocycles. The van der Waals surface area contributed by atoms with Crippen LogP contribution in [0.3, 0.4) is 0 Å². The molecule has 0 saturated carbocycles. The molecule has 1 saturated heterocycles. The van der Waals surface area contributed by atoms with E-state index in [4.69, 9.17) is 9.84 Å². The van der Waals surface area contributed by atoms with Crippen LogP contribution >= 0.6 is 11.8 Å². The molecule has 1 unspecified atom stereocenters. The second kappa shape index (κ2) is 4.70. The van der Waals surface area contributed by atoms with Crippen LogP contribution in [0.15, 0.2) is 17.1 Å². The summed E-state index contributed by atoms with van der Waals surface area (Å²) in [5, 5.41) is 8.90. The van der Waals surface area contributed by atoms with Crippen molar-refractivity contribution in [2.75, 3.05) is 12.4 Å². The second-order valence-electron chi connectivity index (χ2n) is 3.08. The van der Waals surface area contributed by atoms with Crippen LogP contribution in [0.2, 0.25) is 0 Å². The van der Waals surface area contributed by atoms with E-state index in [1.807, 2.05) is 0 Å². The summed E-state index contributed by atoms with van der Waals surface area (Å²) in [5.74, 6) is 0.668. The molecule has 1 aromatic heterocycles. The van der Waals surface area contributed by atoms with Gasteiger partial charge in [0, 0.05) is 0 Å². The van der Waals surface area contributed by atoms with Gasteiger partial charge in [-0.2, -0.15) is 0 Å². The maximum atomic E-state index is 11.5. The van der Waals surface area contributed by atoms with Crippen molar-refractivity contribution in [2.24, 2.45) is 0 Å². The van der Waals surface area contributed by atoms with Crippen LogP contribution in [0.1, 0.15) is 6.23 Å². The van der Waals surface area contributed by atoms with E-state index in [0.29, 0.717) is 5.75 Å². The van der Waals surface area contributed by atoms with Crippen molar-refractivity contribution in [3.63, 3.8) is 0 Å². The number of thioether (sulfide) groups is 1. The number of aliphatic hydroxyl groups is 1. The van der Waals surface area contributed by atoms with Crippen LogP contribution in [0.5, 0.6) is 0 Å². The number of rotatable bonds is 2. The van der Waals surface area contributed by atoms with Gasteiger partial charge >= 0.3 is 99.3 Å². The van der Waals surface area contributed by atoms with Gasteiger partial charge < -0.3 is 0 Å². The first-order valence-corrected chi connectivity index (χ1v) is 6.69. The Bertz CT molecular complexity index is 411. The number of aromatic nitrogens is 2. The Morgan fingerprint density at radius 1 is 1.80 bits per heavy atom. The molecule has 82 valence electrons. The minimum atomic E-state index is -0.305. The van der Waals surface area contributed by atoms with Gasteiger partial charge in [-0.3, -0.25) is 0 Å². The quantitative estimate of drug-likeness (QED) is 0.644. The average molecular weight is 290 g/mol. The molecular weight excluding hydrogens is 279 g/mol. The van der Waals surface area contributed by atoms with Crippen molar-refractivity contribution in [1.82, 2.24) is 9.55 Å². The predicted molar refractivity (Wildman–Crippen MR) is 60.1 cm³/mol. The Morgan fingerprint density at radius 2 is 2.60 bits per heavy atom. The normalized spacial score (nSPS) is 25.7. The van der Waals surface area contributed by atoms with Crippen LogP contribution in [0, 0.1) is 0 Å². The Hall–Kier alpha value is -0.292. The molecule has 3 atom stereocenters. The summed E-state index contributed by atoms with van der Waals surface area (Å²) in [6, 6.07) is 1.79. The molecule has 0 aliphatic carbocycles. The van der Waals surface area contributed by atoms with Gasteiger partial charge in [-0.15, -0.1) is 0 Å². The van der Waals surface area contributed by atoms with Gasteiger partial charge in [0.2, 0.25) is 0 Å². The Balaban J connectivity index is 2.20. The molecule has 1 aliphatic rings. The summed E-state index contributed by atoms with van der Waals surface area (Å²) >= 11 is 2.82. The fourth-order valence-electron chi connectivity index (χ4n) is 1.33. The number of nitrogens with zero attached hydrogens (tertiary/aromatic N) is 2. The van der Waals surface area contributed by atoms with E-state index in [9.17, 15) is 4.79 Å². The van der Waals surface area contributed by atoms with Gasteiger partial charge in [0.1, 0.15) is 0 Å². The molecule has 0 spiro atoms. The zero-order valence-corrected chi connectivity index (χ0v) is 11.1. The third-order valence-electron chi connectivity index (χ3n) is 2.04. The van der Waals surface area contributed by atoms with Crippen LogP contribution in [0.25, 0.3) is 0 Å². The first-order chi connectivity index (χ1) is 7.20. The molecule has 2 heterocycles. The minimum absolute atomic E-state index is 0.0294. The monoisotopic (exact) mass is 290 g/mol.